The Morgan fingerprint density at radius 2 is 1.85 bits per heavy atom. The molecule has 11 nitrogen and oxygen atoms in total. The number of nitrogens with one attached hydrogen (secondary N) is 2. The molecule has 0 fully saturated rings. The van der Waals surface area contributed by atoms with E-state index in [4.69, 9.17) is 17.3 Å². The molecule has 0 atom stereocenters. The smallest absolute Gasteiger partial charge is 0.335 e. The second-order valence-corrected chi connectivity index (χ2v) is 11.3. The summed E-state index contributed by atoms with van der Waals surface area (Å²) in [5, 5.41) is 10.2. The number of pyridine rings is 2. The van der Waals surface area contributed by atoms with Crippen molar-refractivity contribution in [3.8, 4) is 11.1 Å². The van der Waals surface area contributed by atoms with Crippen LogP contribution in [0.2, 0.25) is 5.02 Å². The van der Waals surface area contributed by atoms with Crippen molar-refractivity contribution in [2.45, 2.75) is 12.3 Å². The molecule has 0 unspecified atom stereocenters. The number of aromatic carboxylic acids is 1. The van der Waals surface area contributed by atoms with Crippen LogP contribution < -0.4 is 16.0 Å². The number of fused-ring (bicyclic) bond motifs is 1. The van der Waals surface area contributed by atoms with Gasteiger partial charge < -0.3 is 20.4 Å². The monoisotopic (exact) mass is 591 g/mol. The molecule has 2 aromatic carbocycles. The number of benzene rings is 2. The van der Waals surface area contributed by atoms with Crippen LogP contribution in [0.5, 0.6) is 0 Å². The number of nitrogens with two attached hydrogens (primary N) is 1. The first kappa shape index (κ1) is 27.6. The molecule has 5 rings (SSSR count). The van der Waals surface area contributed by atoms with Gasteiger partial charge >= 0.3 is 5.97 Å². The molecule has 0 radical (unpaired) electrons. The Morgan fingerprint density at radius 1 is 1.07 bits per heavy atom. The van der Waals surface area contributed by atoms with Gasteiger partial charge in [-0.25, -0.2) is 22.9 Å². The zero-order chi connectivity index (χ0) is 29.3. The molecule has 0 aliphatic carbocycles. The fourth-order valence-electron chi connectivity index (χ4n) is 4.68. The van der Waals surface area contributed by atoms with Crippen molar-refractivity contribution in [3.05, 3.63) is 117 Å². The molecule has 0 aliphatic rings. The number of hydrogen-bond donors (Lipinski definition) is 4. The van der Waals surface area contributed by atoms with E-state index in [0.29, 0.717) is 21.5 Å². The highest BCUT2D eigenvalue weighted by atomic mass is 35.5. The number of nitrogens with zero attached hydrogens (tertiary/aromatic N) is 2. The summed E-state index contributed by atoms with van der Waals surface area (Å²) in [4.78, 5) is 45.0. The number of rotatable bonds is 8. The summed E-state index contributed by atoms with van der Waals surface area (Å²) < 4.78 is 30.1. The number of carboxylic acid groups (broad SMARTS) is 1. The molecule has 1 amide bonds. The van der Waals surface area contributed by atoms with E-state index in [0.717, 1.165) is 0 Å². The summed E-state index contributed by atoms with van der Waals surface area (Å²) in [5.41, 5.74) is 6.48. The Kier molecular flexibility index (Phi) is 7.35. The molecule has 0 saturated heterocycles. The first-order valence-electron chi connectivity index (χ1n) is 12.1. The van der Waals surface area contributed by atoms with Crippen LogP contribution in [-0.4, -0.2) is 39.9 Å². The Morgan fingerprint density at radius 3 is 2.59 bits per heavy atom. The van der Waals surface area contributed by atoms with Gasteiger partial charge in [0, 0.05) is 46.0 Å². The third kappa shape index (κ3) is 5.69. The normalized spacial score (nSPS) is 11.4. The van der Waals surface area contributed by atoms with E-state index in [2.05, 4.69) is 14.7 Å². The number of sulfonamides is 1. The zero-order valence-corrected chi connectivity index (χ0v) is 22.7. The molecule has 3 aromatic heterocycles. The number of aromatic nitrogens is 3. The van der Waals surface area contributed by atoms with Crippen molar-refractivity contribution in [2.24, 2.45) is 0 Å². The molecule has 41 heavy (non-hydrogen) atoms. The Bertz CT molecular complexity index is 2000. The van der Waals surface area contributed by atoms with Gasteiger partial charge in [-0.3, -0.25) is 9.59 Å². The van der Waals surface area contributed by atoms with Crippen molar-refractivity contribution in [2.75, 3.05) is 5.73 Å². The van der Waals surface area contributed by atoms with Gasteiger partial charge in [0.15, 0.2) is 0 Å². The predicted molar refractivity (Wildman–Crippen MR) is 154 cm³/mol. The molecule has 0 aliphatic heterocycles. The number of carbonyl (C=O) groups excluding carboxylic acids is 1. The van der Waals surface area contributed by atoms with Crippen LogP contribution in [0.3, 0.4) is 0 Å². The molecule has 208 valence electrons. The standard InChI is InChI=1S/C28H22ClN5O6S/c29-18-7-8-22-21(13-18)24(20-6-3-10-32-26(20)35)25(34(22)14-16-9-11-31-23(30)12-16)27(36)33-41(39,40)15-17-4-1-2-5-19(17)28(37)38/h1-13H,14-15H2,(H2,30,31)(H,32,35)(H,33,36)(H,37,38). The molecule has 0 spiro atoms. The van der Waals surface area contributed by atoms with Crippen LogP contribution in [0.25, 0.3) is 22.0 Å². The van der Waals surface area contributed by atoms with Crippen LogP contribution >= 0.6 is 11.6 Å². The lowest BCUT2D eigenvalue weighted by Crippen LogP contribution is -2.34. The highest BCUT2D eigenvalue weighted by molar-refractivity contribution is 7.89. The van der Waals surface area contributed by atoms with Crippen LogP contribution in [0.4, 0.5) is 5.82 Å². The lowest BCUT2D eigenvalue weighted by Gasteiger charge is -2.14. The fraction of sp³-hybridized carbons (Fsp3) is 0.0714. The molecule has 5 N–H and O–H groups in total. The maximum Gasteiger partial charge on any atom is 0.335 e. The van der Waals surface area contributed by atoms with E-state index in [1.54, 1.807) is 41.0 Å². The summed E-state index contributed by atoms with van der Waals surface area (Å²) in [7, 11) is -4.41. The number of halogens is 1. The Hall–Kier alpha value is -4.94. The Labute approximate surface area is 238 Å². The van der Waals surface area contributed by atoms with Gasteiger partial charge in [0.25, 0.3) is 11.5 Å². The third-order valence-electron chi connectivity index (χ3n) is 6.36. The minimum Gasteiger partial charge on any atom is -0.478 e. The van der Waals surface area contributed by atoms with E-state index < -0.39 is 33.2 Å². The molecular formula is C28H22ClN5O6S. The molecule has 3 heterocycles. The van der Waals surface area contributed by atoms with Gasteiger partial charge in [-0.2, -0.15) is 0 Å². The summed E-state index contributed by atoms with van der Waals surface area (Å²) >= 11 is 6.31. The van der Waals surface area contributed by atoms with Crippen molar-refractivity contribution in [3.63, 3.8) is 0 Å². The highest BCUT2D eigenvalue weighted by Crippen LogP contribution is 2.36. The van der Waals surface area contributed by atoms with Gasteiger partial charge in [-0.05, 0) is 59.7 Å². The van der Waals surface area contributed by atoms with E-state index in [1.807, 2.05) is 0 Å². The summed E-state index contributed by atoms with van der Waals surface area (Å²) in [5.74, 6) is -2.85. The topological polar surface area (TPSA) is 177 Å². The molecule has 5 aromatic rings. The summed E-state index contributed by atoms with van der Waals surface area (Å²) in [6.45, 7) is 0.0697. The molecule has 0 saturated carbocycles. The zero-order valence-electron chi connectivity index (χ0n) is 21.2. The van der Waals surface area contributed by atoms with Crippen molar-refractivity contribution < 1.29 is 23.1 Å². The van der Waals surface area contributed by atoms with Gasteiger partial charge in [-0.1, -0.05) is 29.8 Å². The van der Waals surface area contributed by atoms with Crippen LogP contribution in [0, 0.1) is 0 Å². The second-order valence-electron chi connectivity index (χ2n) is 9.13. The fourth-order valence-corrected chi connectivity index (χ4v) is 5.96. The average Bonchev–Trinajstić information content (AvgIpc) is 3.21. The first-order valence-corrected chi connectivity index (χ1v) is 14.1. The lowest BCUT2D eigenvalue weighted by molar-refractivity contribution is 0.0695. The minimum atomic E-state index is -4.41. The van der Waals surface area contributed by atoms with Crippen molar-refractivity contribution in [1.29, 1.82) is 0 Å². The summed E-state index contributed by atoms with van der Waals surface area (Å²) in [6, 6.07) is 16.9. The van der Waals surface area contributed by atoms with Crippen LogP contribution in [0.1, 0.15) is 32.0 Å². The lowest BCUT2D eigenvalue weighted by atomic mass is 10.0. The van der Waals surface area contributed by atoms with Gasteiger partial charge in [-0.15, -0.1) is 0 Å². The van der Waals surface area contributed by atoms with Crippen molar-refractivity contribution in [1.82, 2.24) is 19.3 Å². The largest absolute Gasteiger partial charge is 0.478 e. The summed E-state index contributed by atoms with van der Waals surface area (Å²) in [6.07, 6.45) is 2.93. The number of carbonyl (C=O) groups is 2. The molecule has 0 bridgehead atoms. The van der Waals surface area contributed by atoms with Gasteiger partial charge in [0.05, 0.1) is 11.3 Å². The van der Waals surface area contributed by atoms with Crippen molar-refractivity contribution >= 4 is 50.2 Å². The third-order valence-corrected chi connectivity index (χ3v) is 7.78. The van der Waals surface area contributed by atoms with Gasteiger partial charge in [0.2, 0.25) is 10.0 Å². The van der Waals surface area contributed by atoms with Gasteiger partial charge in [0.1, 0.15) is 11.5 Å². The van der Waals surface area contributed by atoms with E-state index in [1.165, 1.54) is 42.7 Å². The van der Waals surface area contributed by atoms with Crippen LogP contribution in [-0.2, 0) is 22.3 Å². The average molecular weight is 592 g/mol. The van der Waals surface area contributed by atoms with E-state index in [-0.39, 0.29) is 40.3 Å². The van der Waals surface area contributed by atoms with E-state index >= 15 is 0 Å². The quantitative estimate of drug-likeness (QED) is 0.211. The number of aromatic amines is 1. The highest BCUT2D eigenvalue weighted by Gasteiger charge is 2.29. The minimum absolute atomic E-state index is 0.000358. The second kappa shape index (κ2) is 10.9. The Balaban J connectivity index is 1.69. The van der Waals surface area contributed by atoms with Crippen LogP contribution in [0.15, 0.2) is 83.9 Å². The van der Waals surface area contributed by atoms with E-state index in [9.17, 15) is 27.9 Å². The first-order chi connectivity index (χ1) is 19.5. The number of hydrogen-bond acceptors (Lipinski definition) is 7. The molecular weight excluding hydrogens is 570 g/mol. The maximum absolute atomic E-state index is 13.9. The SMILES string of the molecule is Nc1cc(Cn2c(C(=O)NS(=O)(=O)Cc3ccccc3C(=O)O)c(-c3ccc[nH]c3=O)c3cc(Cl)ccc32)ccn1. The number of nitrogen functional groups attached to an aromatic ring is 1. The number of anilines is 1. The number of carboxylic acids is 1. The molecule has 13 heteroatoms. The maximum atomic E-state index is 13.9. The number of H-pyrrole nitrogens is 1. The predicted octanol–water partition coefficient (Wildman–Crippen LogP) is 3.63. The number of amides is 1.